The number of nitrogens with one attached hydrogen (secondary N) is 1. The summed E-state index contributed by atoms with van der Waals surface area (Å²) in [4.78, 5) is 14.0. The lowest BCUT2D eigenvalue weighted by Crippen LogP contribution is -2.17. The first-order valence-corrected chi connectivity index (χ1v) is 6.80. The summed E-state index contributed by atoms with van der Waals surface area (Å²) in [6, 6.07) is 6.78. The van der Waals surface area contributed by atoms with Gasteiger partial charge in [-0.15, -0.1) is 24.5 Å². The van der Waals surface area contributed by atoms with Crippen LogP contribution in [0.5, 0.6) is 5.75 Å². The normalized spacial score (nSPS) is 11.3. The molecule has 7 heteroatoms. The minimum atomic E-state index is -4.73. The van der Waals surface area contributed by atoms with Gasteiger partial charge < -0.3 is 10.1 Å². The molecule has 0 aliphatic heterocycles. The Morgan fingerprint density at radius 3 is 2.29 bits per heavy atom. The number of hydrogen-bond donors (Lipinski definition) is 1. The number of aryl methyl sites for hydroxylation is 2. The average molecular weight is 315 g/mol. The molecule has 21 heavy (non-hydrogen) atoms. The molecule has 3 nitrogen and oxygen atoms in total. The third-order valence-electron chi connectivity index (χ3n) is 2.63. The summed E-state index contributed by atoms with van der Waals surface area (Å²) in [5, 5.41) is 2.63. The third kappa shape index (κ3) is 4.22. The summed E-state index contributed by atoms with van der Waals surface area (Å²) in [5.41, 5.74) is 0.964. The van der Waals surface area contributed by atoms with E-state index in [0.717, 1.165) is 21.9 Å². The zero-order chi connectivity index (χ0) is 15.6. The van der Waals surface area contributed by atoms with Gasteiger partial charge in [0.25, 0.3) is 5.91 Å². The molecule has 0 saturated carbocycles. The lowest BCUT2D eigenvalue weighted by atomic mass is 10.2. The smallest absolute Gasteiger partial charge is 0.406 e. The maximum atomic E-state index is 12.0. The number of carbonyl (C=O) groups is 1. The van der Waals surface area contributed by atoms with E-state index >= 15 is 0 Å². The number of rotatable bonds is 3. The fourth-order valence-electron chi connectivity index (χ4n) is 1.79. The maximum absolute atomic E-state index is 12.0. The van der Waals surface area contributed by atoms with Crippen molar-refractivity contribution in [2.75, 3.05) is 5.32 Å². The van der Waals surface area contributed by atoms with Crippen LogP contribution in [0, 0.1) is 13.8 Å². The van der Waals surface area contributed by atoms with Crippen LogP contribution < -0.4 is 10.1 Å². The van der Waals surface area contributed by atoms with E-state index in [1.165, 1.54) is 23.5 Å². The summed E-state index contributed by atoms with van der Waals surface area (Å²) in [6.45, 7) is 3.74. The SMILES string of the molecule is Cc1cc(C(=O)Nc2ccc(OC(F)(F)F)cc2)c(C)s1. The van der Waals surface area contributed by atoms with Gasteiger partial charge in [-0.2, -0.15) is 0 Å². The fraction of sp³-hybridized carbons (Fsp3) is 0.214. The molecule has 1 N–H and O–H groups in total. The molecule has 0 atom stereocenters. The molecule has 0 fully saturated rings. The second kappa shape index (κ2) is 5.77. The number of carbonyl (C=O) groups excluding carboxylic acids is 1. The second-order valence-corrected chi connectivity index (χ2v) is 5.81. The first-order valence-electron chi connectivity index (χ1n) is 5.99. The highest BCUT2D eigenvalue weighted by atomic mass is 32.1. The van der Waals surface area contributed by atoms with E-state index in [-0.39, 0.29) is 11.7 Å². The van der Waals surface area contributed by atoms with Gasteiger partial charge in [0.05, 0.1) is 5.56 Å². The van der Waals surface area contributed by atoms with E-state index in [1.54, 1.807) is 6.07 Å². The molecule has 0 bridgehead atoms. The Hall–Kier alpha value is -2.02. The van der Waals surface area contributed by atoms with E-state index in [9.17, 15) is 18.0 Å². The molecule has 0 unspecified atom stereocenters. The highest BCUT2D eigenvalue weighted by Gasteiger charge is 2.30. The molecule has 0 aliphatic rings. The molecule has 2 rings (SSSR count). The van der Waals surface area contributed by atoms with Crippen LogP contribution in [-0.2, 0) is 0 Å². The van der Waals surface area contributed by atoms with Gasteiger partial charge in [0.15, 0.2) is 0 Å². The molecule has 1 aromatic carbocycles. The molecule has 2 aromatic rings. The van der Waals surface area contributed by atoms with Crippen LogP contribution in [-0.4, -0.2) is 12.3 Å². The number of hydrogen-bond acceptors (Lipinski definition) is 3. The molecule has 0 spiro atoms. The van der Waals surface area contributed by atoms with Crippen LogP contribution >= 0.6 is 11.3 Å². The summed E-state index contributed by atoms with van der Waals surface area (Å²) >= 11 is 1.51. The molecular formula is C14H12F3NO2S. The summed E-state index contributed by atoms with van der Waals surface area (Å²) in [6.07, 6.45) is -4.73. The standard InChI is InChI=1S/C14H12F3NO2S/c1-8-7-12(9(2)21-8)13(19)18-10-3-5-11(6-4-10)20-14(15,16)17/h3-7H,1-2H3,(H,18,19). The van der Waals surface area contributed by atoms with Crippen molar-refractivity contribution in [3.05, 3.63) is 45.6 Å². The van der Waals surface area contributed by atoms with Crippen LogP contribution in [0.2, 0.25) is 0 Å². The highest BCUT2D eigenvalue weighted by molar-refractivity contribution is 7.12. The fourth-order valence-corrected chi connectivity index (χ4v) is 2.72. The Morgan fingerprint density at radius 1 is 1.19 bits per heavy atom. The van der Waals surface area contributed by atoms with Crippen molar-refractivity contribution in [1.82, 2.24) is 0 Å². The number of amides is 1. The predicted molar refractivity (Wildman–Crippen MR) is 74.9 cm³/mol. The Morgan fingerprint density at radius 2 is 1.81 bits per heavy atom. The van der Waals surface area contributed by atoms with Crippen molar-refractivity contribution in [2.45, 2.75) is 20.2 Å². The van der Waals surface area contributed by atoms with Crippen LogP contribution in [0.25, 0.3) is 0 Å². The van der Waals surface area contributed by atoms with E-state index in [0.29, 0.717) is 11.3 Å². The van der Waals surface area contributed by atoms with Crippen molar-refractivity contribution in [3.8, 4) is 5.75 Å². The first kappa shape index (κ1) is 15.4. The van der Waals surface area contributed by atoms with Crippen molar-refractivity contribution in [2.24, 2.45) is 0 Å². The molecule has 0 saturated heterocycles. The van der Waals surface area contributed by atoms with Crippen LogP contribution in [0.4, 0.5) is 18.9 Å². The molecule has 112 valence electrons. The van der Waals surface area contributed by atoms with Gasteiger partial charge in [-0.05, 0) is 44.2 Å². The number of alkyl halides is 3. The molecule has 0 radical (unpaired) electrons. The maximum Gasteiger partial charge on any atom is 0.573 e. The lowest BCUT2D eigenvalue weighted by molar-refractivity contribution is -0.274. The predicted octanol–water partition coefficient (Wildman–Crippen LogP) is 4.52. The second-order valence-electron chi connectivity index (χ2n) is 4.35. The summed E-state index contributed by atoms with van der Waals surface area (Å²) in [7, 11) is 0. The van der Waals surface area contributed by atoms with Gasteiger partial charge in [-0.1, -0.05) is 0 Å². The van der Waals surface area contributed by atoms with Crippen LogP contribution in [0.1, 0.15) is 20.1 Å². The van der Waals surface area contributed by atoms with Crippen molar-refractivity contribution in [1.29, 1.82) is 0 Å². The number of ether oxygens (including phenoxy) is 1. The number of thiophene rings is 1. The Kier molecular flexibility index (Phi) is 4.22. The lowest BCUT2D eigenvalue weighted by Gasteiger charge is -2.09. The van der Waals surface area contributed by atoms with Crippen molar-refractivity contribution in [3.63, 3.8) is 0 Å². The summed E-state index contributed by atoms with van der Waals surface area (Å²) < 4.78 is 39.8. The largest absolute Gasteiger partial charge is 0.573 e. The number of halogens is 3. The molecule has 1 aromatic heterocycles. The van der Waals surface area contributed by atoms with Crippen LogP contribution in [0.15, 0.2) is 30.3 Å². The van der Waals surface area contributed by atoms with E-state index in [2.05, 4.69) is 10.1 Å². The first-order chi connectivity index (χ1) is 9.74. The van der Waals surface area contributed by atoms with Crippen LogP contribution in [0.3, 0.4) is 0 Å². The van der Waals surface area contributed by atoms with Gasteiger partial charge in [0, 0.05) is 15.4 Å². The zero-order valence-electron chi connectivity index (χ0n) is 11.2. The van der Waals surface area contributed by atoms with Gasteiger partial charge in [-0.25, -0.2) is 0 Å². The zero-order valence-corrected chi connectivity index (χ0v) is 12.1. The van der Waals surface area contributed by atoms with Gasteiger partial charge in [-0.3, -0.25) is 4.79 Å². The molecule has 1 amide bonds. The van der Waals surface area contributed by atoms with Gasteiger partial charge >= 0.3 is 6.36 Å². The molecular weight excluding hydrogens is 303 g/mol. The van der Waals surface area contributed by atoms with E-state index in [4.69, 9.17) is 0 Å². The number of anilines is 1. The Balaban J connectivity index is 2.07. The van der Waals surface area contributed by atoms with E-state index in [1.807, 2.05) is 13.8 Å². The monoisotopic (exact) mass is 315 g/mol. The van der Waals surface area contributed by atoms with Gasteiger partial charge in [0.1, 0.15) is 5.75 Å². The topological polar surface area (TPSA) is 38.3 Å². The molecule has 0 aliphatic carbocycles. The Bertz CT molecular complexity index is 647. The van der Waals surface area contributed by atoms with Gasteiger partial charge in [0.2, 0.25) is 0 Å². The van der Waals surface area contributed by atoms with E-state index < -0.39 is 6.36 Å². The average Bonchev–Trinajstić information content (AvgIpc) is 2.69. The quantitative estimate of drug-likeness (QED) is 0.904. The third-order valence-corrected chi connectivity index (χ3v) is 3.60. The summed E-state index contributed by atoms with van der Waals surface area (Å²) in [5.74, 6) is -0.621. The van der Waals surface area contributed by atoms with Crippen molar-refractivity contribution >= 4 is 22.9 Å². The van der Waals surface area contributed by atoms with Crippen molar-refractivity contribution < 1.29 is 22.7 Å². The molecule has 1 heterocycles. The minimum absolute atomic E-state index is 0.290. The minimum Gasteiger partial charge on any atom is -0.406 e. The Labute approximate surface area is 123 Å². The highest BCUT2D eigenvalue weighted by Crippen LogP contribution is 2.25. The number of benzene rings is 1.